The minimum atomic E-state index is 0.425. The molecule has 2 atom stereocenters. The Balaban J connectivity index is 1.89. The molecule has 1 saturated carbocycles. The fraction of sp³-hybridized carbons (Fsp3) is 0.600. The Hall–Kier alpha value is -1.22. The summed E-state index contributed by atoms with van der Waals surface area (Å²) in [5, 5.41) is 0. The summed E-state index contributed by atoms with van der Waals surface area (Å²) in [5.41, 5.74) is 9.35. The lowest BCUT2D eigenvalue weighted by Gasteiger charge is -2.45. The summed E-state index contributed by atoms with van der Waals surface area (Å²) in [5.74, 6) is 0. The number of benzene rings is 1. The van der Waals surface area contributed by atoms with Crippen LogP contribution in [0.3, 0.4) is 0 Å². The molecule has 2 unspecified atom stereocenters. The van der Waals surface area contributed by atoms with Crippen molar-refractivity contribution in [2.75, 3.05) is 23.8 Å². The van der Waals surface area contributed by atoms with Gasteiger partial charge in [-0.15, -0.1) is 0 Å². The number of nitrogens with two attached hydrogens (primary N) is 1. The van der Waals surface area contributed by atoms with E-state index in [1.54, 1.807) is 0 Å². The fourth-order valence-corrected chi connectivity index (χ4v) is 3.37. The van der Waals surface area contributed by atoms with E-state index < -0.39 is 0 Å². The van der Waals surface area contributed by atoms with E-state index in [9.17, 15) is 0 Å². The molecule has 2 aliphatic rings. The zero-order valence-corrected chi connectivity index (χ0v) is 11.1. The molecule has 3 heteroatoms. The van der Waals surface area contributed by atoms with Gasteiger partial charge in [-0.25, -0.2) is 0 Å². The lowest BCUT2D eigenvalue weighted by atomic mass is 9.89. The van der Waals surface area contributed by atoms with Crippen molar-refractivity contribution in [2.24, 2.45) is 0 Å². The lowest BCUT2D eigenvalue weighted by molar-refractivity contribution is -0.00867. The first-order valence-electron chi connectivity index (χ1n) is 6.99. The van der Waals surface area contributed by atoms with Gasteiger partial charge in [-0.3, -0.25) is 0 Å². The molecule has 1 saturated heterocycles. The van der Waals surface area contributed by atoms with Crippen molar-refractivity contribution in [3.05, 3.63) is 23.8 Å². The predicted molar refractivity (Wildman–Crippen MR) is 74.9 cm³/mol. The Morgan fingerprint density at radius 2 is 2.06 bits per heavy atom. The Kier molecular flexibility index (Phi) is 3.16. The molecule has 1 aromatic carbocycles. The van der Waals surface area contributed by atoms with Crippen LogP contribution >= 0.6 is 0 Å². The van der Waals surface area contributed by atoms with Gasteiger partial charge in [-0.2, -0.15) is 0 Å². The average molecular weight is 246 g/mol. The molecule has 2 fully saturated rings. The van der Waals surface area contributed by atoms with E-state index in [2.05, 4.69) is 24.0 Å². The third-order valence-electron chi connectivity index (χ3n) is 4.15. The molecule has 0 amide bonds. The van der Waals surface area contributed by atoms with Gasteiger partial charge >= 0.3 is 0 Å². The van der Waals surface area contributed by atoms with Gasteiger partial charge in [0.1, 0.15) is 0 Å². The number of nitrogen functional groups attached to an aromatic ring is 1. The van der Waals surface area contributed by atoms with Crippen LogP contribution in [0.15, 0.2) is 18.2 Å². The van der Waals surface area contributed by atoms with Crippen molar-refractivity contribution in [3.63, 3.8) is 0 Å². The summed E-state index contributed by atoms with van der Waals surface area (Å²) in [7, 11) is 0. The Morgan fingerprint density at radius 3 is 2.89 bits per heavy atom. The van der Waals surface area contributed by atoms with Crippen LogP contribution in [0.1, 0.15) is 31.2 Å². The Bertz CT molecular complexity index is 410. The number of anilines is 2. The number of fused-ring (bicyclic) bond motifs is 1. The van der Waals surface area contributed by atoms with Crippen LogP contribution in [0.4, 0.5) is 11.4 Å². The van der Waals surface area contributed by atoms with Gasteiger partial charge in [0.15, 0.2) is 0 Å². The molecule has 1 aliphatic heterocycles. The second kappa shape index (κ2) is 4.81. The summed E-state index contributed by atoms with van der Waals surface area (Å²) in [6.45, 7) is 3.94. The van der Waals surface area contributed by atoms with Crippen LogP contribution in [-0.4, -0.2) is 25.3 Å². The highest BCUT2D eigenvalue weighted by Gasteiger charge is 2.34. The van der Waals surface area contributed by atoms with E-state index in [4.69, 9.17) is 10.5 Å². The highest BCUT2D eigenvalue weighted by atomic mass is 16.5. The summed E-state index contributed by atoms with van der Waals surface area (Å²) >= 11 is 0. The van der Waals surface area contributed by atoms with Gasteiger partial charge < -0.3 is 15.4 Å². The molecule has 1 aromatic rings. The molecular weight excluding hydrogens is 224 g/mol. The van der Waals surface area contributed by atoms with Crippen molar-refractivity contribution >= 4 is 11.4 Å². The first-order valence-corrected chi connectivity index (χ1v) is 6.99. The minimum absolute atomic E-state index is 0.425. The molecule has 1 heterocycles. The topological polar surface area (TPSA) is 38.5 Å². The molecular formula is C15H22N2O. The van der Waals surface area contributed by atoms with E-state index in [-0.39, 0.29) is 0 Å². The summed E-state index contributed by atoms with van der Waals surface area (Å²) < 4.78 is 5.92. The van der Waals surface area contributed by atoms with Crippen molar-refractivity contribution in [3.8, 4) is 0 Å². The average Bonchev–Trinajstić information content (AvgIpc) is 2.37. The molecule has 3 nitrogen and oxygen atoms in total. The van der Waals surface area contributed by atoms with Gasteiger partial charge in [-0.05, 0) is 43.5 Å². The summed E-state index contributed by atoms with van der Waals surface area (Å²) in [6.07, 6.45) is 5.52. The zero-order chi connectivity index (χ0) is 12.5. The zero-order valence-electron chi connectivity index (χ0n) is 11.1. The van der Waals surface area contributed by atoms with Gasteiger partial charge in [0.05, 0.1) is 18.8 Å². The molecule has 0 bridgehead atoms. The maximum Gasteiger partial charge on any atom is 0.0779 e. The summed E-state index contributed by atoms with van der Waals surface area (Å²) in [4.78, 5) is 2.51. The van der Waals surface area contributed by atoms with Crippen LogP contribution < -0.4 is 10.6 Å². The smallest absolute Gasteiger partial charge is 0.0779 e. The Labute approximate surface area is 109 Å². The van der Waals surface area contributed by atoms with Crippen molar-refractivity contribution in [1.82, 2.24) is 0 Å². The monoisotopic (exact) mass is 246 g/mol. The second-order valence-electron chi connectivity index (χ2n) is 5.56. The normalized spacial score (nSPS) is 27.9. The van der Waals surface area contributed by atoms with Crippen LogP contribution in [-0.2, 0) is 4.74 Å². The number of ether oxygens (including phenoxy) is 1. The maximum atomic E-state index is 5.98. The quantitative estimate of drug-likeness (QED) is 0.774. The lowest BCUT2D eigenvalue weighted by Crippen LogP contribution is -2.52. The number of aryl methyl sites for hydroxylation is 1. The van der Waals surface area contributed by atoms with Gasteiger partial charge in [0.25, 0.3) is 0 Å². The van der Waals surface area contributed by atoms with Gasteiger partial charge in [-0.1, -0.05) is 12.8 Å². The molecule has 0 radical (unpaired) electrons. The van der Waals surface area contributed by atoms with Crippen LogP contribution in [0.2, 0.25) is 0 Å². The van der Waals surface area contributed by atoms with Crippen LogP contribution in [0.5, 0.6) is 0 Å². The first kappa shape index (κ1) is 11.8. The van der Waals surface area contributed by atoms with Crippen LogP contribution in [0, 0.1) is 6.92 Å². The second-order valence-corrected chi connectivity index (χ2v) is 5.56. The van der Waals surface area contributed by atoms with Crippen molar-refractivity contribution < 1.29 is 4.74 Å². The highest BCUT2D eigenvalue weighted by Crippen LogP contribution is 2.33. The maximum absolute atomic E-state index is 5.98. The van der Waals surface area contributed by atoms with Gasteiger partial charge in [0, 0.05) is 17.9 Å². The predicted octanol–water partition coefficient (Wildman–Crippen LogP) is 2.73. The number of rotatable bonds is 1. The number of morpholine rings is 1. The Morgan fingerprint density at radius 1 is 1.22 bits per heavy atom. The minimum Gasteiger partial charge on any atom is -0.399 e. The van der Waals surface area contributed by atoms with E-state index >= 15 is 0 Å². The third kappa shape index (κ3) is 2.19. The molecule has 0 aromatic heterocycles. The SMILES string of the molecule is Cc1cc(N)cc(N2CCOC3CCCCC32)c1. The molecule has 1 aliphatic carbocycles. The molecule has 2 N–H and O–H groups in total. The van der Waals surface area contributed by atoms with E-state index in [1.165, 1.54) is 36.9 Å². The molecule has 98 valence electrons. The van der Waals surface area contributed by atoms with E-state index in [1.807, 2.05) is 6.07 Å². The molecule has 3 rings (SSSR count). The van der Waals surface area contributed by atoms with Crippen LogP contribution in [0.25, 0.3) is 0 Å². The highest BCUT2D eigenvalue weighted by molar-refractivity contribution is 5.59. The van der Waals surface area contributed by atoms with Crippen molar-refractivity contribution in [1.29, 1.82) is 0 Å². The van der Waals surface area contributed by atoms with Gasteiger partial charge in [0.2, 0.25) is 0 Å². The van der Waals surface area contributed by atoms with E-state index in [0.717, 1.165) is 18.8 Å². The molecule has 18 heavy (non-hydrogen) atoms. The number of hydrogen-bond acceptors (Lipinski definition) is 3. The first-order chi connectivity index (χ1) is 8.74. The fourth-order valence-electron chi connectivity index (χ4n) is 3.37. The van der Waals surface area contributed by atoms with Crippen molar-refractivity contribution in [2.45, 2.75) is 44.8 Å². The standard InChI is InChI=1S/C15H22N2O/c1-11-8-12(16)10-13(9-11)17-6-7-18-15-5-3-2-4-14(15)17/h8-10,14-15H,2-7,16H2,1H3. The number of nitrogens with zero attached hydrogens (tertiary/aromatic N) is 1. The number of hydrogen-bond donors (Lipinski definition) is 1. The largest absolute Gasteiger partial charge is 0.399 e. The molecule has 0 spiro atoms. The van der Waals surface area contributed by atoms with E-state index in [0.29, 0.717) is 12.1 Å². The summed E-state index contributed by atoms with van der Waals surface area (Å²) in [6, 6.07) is 6.92. The third-order valence-corrected chi connectivity index (χ3v) is 4.15.